The number of aryl methyl sites for hydroxylation is 1. The van der Waals surface area contributed by atoms with Crippen molar-refractivity contribution >= 4 is 46.1 Å². The van der Waals surface area contributed by atoms with Gasteiger partial charge in [0.2, 0.25) is 5.91 Å². The van der Waals surface area contributed by atoms with Gasteiger partial charge in [-0.1, -0.05) is 33.8 Å². The number of cyclic esters (lactones) is 1. The molecule has 62 heavy (non-hydrogen) atoms. The number of aromatic nitrogens is 3. The topological polar surface area (TPSA) is 154 Å². The molecule has 15 nitrogen and oxygen atoms in total. The number of benzene rings is 1. The van der Waals surface area contributed by atoms with Crippen LogP contribution in [0, 0.1) is 11.3 Å². The van der Waals surface area contributed by atoms with E-state index in [4.69, 9.17) is 19.4 Å². The van der Waals surface area contributed by atoms with Crippen LogP contribution in [0.25, 0.3) is 33.4 Å². The van der Waals surface area contributed by atoms with Crippen molar-refractivity contribution in [2.24, 2.45) is 11.3 Å². The third-order valence-electron chi connectivity index (χ3n) is 12.7. The maximum atomic E-state index is 14.6. The number of likely N-dealkylation sites (N-methyl/N-ethyl adjacent to an activating group) is 3. The quantitative estimate of drug-likeness (QED) is 0.206. The molecule has 3 aromatic heterocycles. The molecule has 16 heteroatoms. The minimum atomic E-state index is -1.04. The number of thiazole rings is 1. The van der Waals surface area contributed by atoms with Gasteiger partial charge in [0.15, 0.2) is 0 Å². The molecule has 4 amide bonds. The van der Waals surface area contributed by atoms with Crippen LogP contribution in [0.4, 0.5) is 4.79 Å². The molecule has 3 aliphatic heterocycles. The van der Waals surface area contributed by atoms with E-state index in [2.05, 4.69) is 65.2 Å². The second-order valence-electron chi connectivity index (χ2n) is 18.3. The van der Waals surface area contributed by atoms with Crippen LogP contribution in [-0.2, 0) is 43.2 Å². The number of hydrogen-bond acceptors (Lipinski definition) is 11. The van der Waals surface area contributed by atoms with Gasteiger partial charge in [0.05, 0.1) is 40.8 Å². The summed E-state index contributed by atoms with van der Waals surface area (Å²) in [6.45, 7) is 14.9. The third kappa shape index (κ3) is 9.10. The first-order chi connectivity index (χ1) is 29.5. The Morgan fingerprint density at radius 2 is 1.90 bits per heavy atom. The molecule has 2 N–H and O–H groups in total. The van der Waals surface area contributed by atoms with Crippen LogP contribution in [0.5, 0.6) is 0 Å². The number of methoxy groups -OCH3 is 1. The zero-order chi connectivity index (χ0) is 44.6. The Morgan fingerprint density at radius 1 is 1.15 bits per heavy atom. The van der Waals surface area contributed by atoms with Crippen LogP contribution in [0.15, 0.2) is 41.9 Å². The number of fused-ring (bicyclic) bond motifs is 6. The molecule has 334 valence electrons. The van der Waals surface area contributed by atoms with Crippen molar-refractivity contribution < 1.29 is 28.7 Å². The van der Waals surface area contributed by atoms with Gasteiger partial charge < -0.3 is 34.1 Å². The number of esters is 1. The van der Waals surface area contributed by atoms with Gasteiger partial charge in [-0.2, -0.15) is 0 Å². The lowest BCUT2D eigenvalue weighted by Crippen LogP contribution is -2.64. The highest BCUT2D eigenvalue weighted by molar-refractivity contribution is 7.10. The Bertz CT molecular complexity index is 2300. The maximum Gasteiger partial charge on any atom is 0.324 e. The van der Waals surface area contributed by atoms with Gasteiger partial charge in [-0.3, -0.25) is 24.4 Å². The van der Waals surface area contributed by atoms with E-state index in [0.717, 1.165) is 57.8 Å². The number of nitrogens with one attached hydrogen (secondary N) is 2. The van der Waals surface area contributed by atoms with Crippen molar-refractivity contribution in [3.63, 3.8) is 0 Å². The number of likely N-dealkylation sites (tertiary alicyclic amines) is 1. The predicted molar refractivity (Wildman–Crippen MR) is 240 cm³/mol. The first kappa shape index (κ1) is 45.1. The molecule has 6 heterocycles. The van der Waals surface area contributed by atoms with Crippen molar-refractivity contribution in [2.45, 2.75) is 104 Å². The number of ether oxygens (including phenoxy) is 2. The lowest BCUT2D eigenvalue weighted by atomic mass is 9.84. The monoisotopic (exact) mass is 869 g/mol. The molecule has 1 unspecified atom stereocenters. The van der Waals surface area contributed by atoms with Gasteiger partial charge in [-0.15, -0.1) is 11.3 Å². The second kappa shape index (κ2) is 18.4. The van der Waals surface area contributed by atoms with E-state index >= 15 is 0 Å². The first-order valence-corrected chi connectivity index (χ1v) is 22.7. The number of pyridine rings is 1. The Kier molecular flexibility index (Phi) is 13.4. The highest BCUT2D eigenvalue weighted by Gasteiger charge is 2.40. The Labute approximate surface area is 369 Å². The molecule has 7 rings (SSSR count). The summed E-state index contributed by atoms with van der Waals surface area (Å²) < 4.78 is 14.2. The molecule has 2 saturated heterocycles. The average molecular weight is 870 g/mol. The summed E-state index contributed by atoms with van der Waals surface area (Å²) in [6, 6.07) is 7.61. The third-order valence-corrected chi connectivity index (χ3v) is 13.5. The van der Waals surface area contributed by atoms with Crippen molar-refractivity contribution in [1.82, 2.24) is 45.0 Å². The van der Waals surface area contributed by atoms with Crippen molar-refractivity contribution in [3.05, 3.63) is 58.2 Å². The van der Waals surface area contributed by atoms with Gasteiger partial charge in [0.1, 0.15) is 18.1 Å². The fraction of sp³-hybridized carbons (Fsp3) is 0.565. The lowest BCUT2D eigenvalue weighted by molar-refractivity contribution is -0.155. The number of hydrogen-bond donors (Lipinski definition) is 2. The lowest BCUT2D eigenvalue weighted by Gasteiger charge is -2.44. The van der Waals surface area contributed by atoms with Crippen LogP contribution in [-0.4, -0.2) is 137 Å². The van der Waals surface area contributed by atoms with Crippen molar-refractivity contribution in [2.75, 3.05) is 54.5 Å². The molecular weight excluding hydrogens is 807 g/mol. The van der Waals surface area contributed by atoms with Crippen molar-refractivity contribution in [3.8, 4) is 22.5 Å². The summed E-state index contributed by atoms with van der Waals surface area (Å²) in [4.78, 5) is 71.6. The fourth-order valence-electron chi connectivity index (χ4n) is 9.18. The Hall–Kier alpha value is -4.90. The van der Waals surface area contributed by atoms with E-state index < -0.39 is 41.3 Å². The summed E-state index contributed by atoms with van der Waals surface area (Å²) in [5, 5.41) is 8.20. The molecule has 4 aromatic rings. The second-order valence-corrected chi connectivity index (χ2v) is 19.3. The number of carbonyl (C=O) groups excluding carboxylic acids is 4. The SMILES string of the molecule is CCn1c(-c2cccnc2[C@H](C)OC)c2c3cc(ccc31)-c1csc(n1)C[C@H](NC(=O)C(C(C)C)N(C)C(=O)N(C)C1CN(C)C1)C(=O)N1CCC[C@H](N1)C(=O)OCC(C)(C)C2. The summed E-state index contributed by atoms with van der Waals surface area (Å²) in [6.07, 6.45) is 3.30. The highest BCUT2D eigenvalue weighted by atomic mass is 32.1. The number of urea groups is 1. The number of nitrogens with zero attached hydrogens (tertiary/aromatic N) is 7. The molecule has 0 saturated carbocycles. The largest absolute Gasteiger partial charge is 0.464 e. The molecule has 0 radical (unpaired) electrons. The van der Waals surface area contributed by atoms with E-state index in [9.17, 15) is 19.2 Å². The smallest absolute Gasteiger partial charge is 0.324 e. The normalized spacial score (nSPS) is 20.9. The number of hydrazine groups is 1. The minimum Gasteiger partial charge on any atom is -0.464 e. The highest BCUT2D eigenvalue weighted by Crippen LogP contribution is 2.42. The van der Waals surface area contributed by atoms with E-state index in [-0.39, 0.29) is 37.1 Å². The number of carbonyl (C=O) groups is 4. The maximum absolute atomic E-state index is 14.6. The van der Waals surface area contributed by atoms with E-state index in [1.54, 1.807) is 32.3 Å². The number of rotatable bonds is 9. The van der Waals surface area contributed by atoms with E-state index in [1.165, 1.54) is 21.2 Å². The van der Waals surface area contributed by atoms with E-state index in [1.807, 2.05) is 39.3 Å². The zero-order valence-corrected chi connectivity index (χ0v) is 38.7. The van der Waals surface area contributed by atoms with Crippen molar-refractivity contribution in [1.29, 1.82) is 0 Å². The summed E-state index contributed by atoms with van der Waals surface area (Å²) >= 11 is 1.43. The summed E-state index contributed by atoms with van der Waals surface area (Å²) in [5.74, 6) is -1.52. The molecule has 1 aromatic carbocycles. The van der Waals surface area contributed by atoms with Gasteiger partial charge in [-0.25, -0.2) is 15.2 Å². The van der Waals surface area contributed by atoms with Crippen LogP contribution in [0.3, 0.4) is 0 Å². The molecule has 4 atom stereocenters. The molecule has 6 bridgehead atoms. The van der Waals surface area contributed by atoms with E-state index in [0.29, 0.717) is 37.4 Å². The van der Waals surface area contributed by atoms with Gasteiger partial charge in [0, 0.05) is 92.8 Å². The van der Waals surface area contributed by atoms with Gasteiger partial charge in [0.25, 0.3) is 5.91 Å². The fourth-order valence-corrected chi connectivity index (χ4v) is 10.0. The molecule has 0 aliphatic carbocycles. The van der Waals surface area contributed by atoms with Crippen LogP contribution in [0.1, 0.15) is 76.8 Å². The first-order valence-electron chi connectivity index (χ1n) is 21.8. The average Bonchev–Trinajstić information content (AvgIpc) is 3.84. The molecular formula is C46H63N9O6S. The summed E-state index contributed by atoms with van der Waals surface area (Å²) in [5.41, 5.74) is 9.39. The molecule has 2 fully saturated rings. The molecule has 0 spiro atoms. The number of amides is 4. The predicted octanol–water partition coefficient (Wildman–Crippen LogP) is 5.52. The van der Waals surface area contributed by atoms with Crippen LogP contribution < -0.4 is 10.7 Å². The van der Waals surface area contributed by atoms with Crippen LogP contribution in [0.2, 0.25) is 0 Å². The summed E-state index contributed by atoms with van der Waals surface area (Å²) in [7, 11) is 7.10. The Morgan fingerprint density at radius 3 is 2.60 bits per heavy atom. The molecule has 3 aliphatic rings. The Balaban J connectivity index is 1.28. The van der Waals surface area contributed by atoms with Crippen LogP contribution >= 0.6 is 11.3 Å². The van der Waals surface area contributed by atoms with Gasteiger partial charge in [-0.05, 0) is 75.9 Å². The standard InChI is InChI=1S/C46H63N9O6S/c1-11-54-37-17-16-29-20-32(37)33(41(54)31-14-12-18-47-39(31)28(4)60-10)22-46(5,6)26-61-44(58)34-15-13-19-55(50-34)43(57)35(21-38-48-36(29)25-62-38)49-42(56)40(27(2)3)53(9)45(59)52(8)30-23-51(7)24-30/h12,14,16-18,20,25,27-28,30,34-35,40,50H,11,13,15,19,21-24,26H2,1-10H3,(H,49,56)/t28-,34-,35-,40?/m0/s1. The van der Waals surface area contributed by atoms with Gasteiger partial charge >= 0.3 is 12.0 Å². The minimum absolute atomic E-state index is 0.0591. The zero-order valence-electron chi connectivity index (χ0n) is 37.9.